The molecule has 7 nitrogen and oxygen atoms in total. The number of rotatable bonds is 6. The number of benzene rings is 2. The Morgan fingerprint density at radius 1 is 0.968 bits per heavy atom. The van der Waals surface area contributed by atoms with Gasteiger partial charge in [-0.05, 0) is 38.0 Å². The summed E-state index contributed by atoms with van der Waals surface area (Å²) in [7, 11) is 0. The smallest absolute Gasteiger partial charge is 0.331 e. The first-order valence-corrected chi connectivity index (χ1v) is 10.6. The third-order valence-electron chi connectivity index (χ3n) is 5.49. The van der Waals surface area contributed by atoms with Crippen molar-refractivity contribution in [2.45, 2.75) is 39.6 Å². The summed E-state index contributed by atoms with van der Waals surface area (Å²) in [6.07, 6.45) is 0.861. The number of anilines is 3. The number of fused-ring (bicyclic) bond motifs is 1. The number of para-hydroxylation sites is 1. The van der Waals surface area contributed by atoms with Crippen molar-refractivity contribution in [3.05, 3.63) is 87.1 Å². The van der Waals surface area contributed by atoms with Gasteiger partial charge in [-0.15, -0.1) is 0 Å². The van der Waals surface area contributed by atoms with Crippen molar-refractivity contribution in [3.8, 4) is 0 Å². The average molecular weight is 421 g/mol. The van der Waals surface area contributed by atoms with Gasteiger partial charge in [0.25, 0.3) is 5.56 Å². The van der Waals surface area contributed by atoms with Crippen LogP contribution in [0.25, 0.3) is 0 Å². The summed E-state index contributed by atoms with van der Waals surface area (Å²) in [5, 5.41) is 0. The Morgan fingerprint density at radius 3 is 2.32 bits per heavy atom. The van der Waals surface area contributed by atoms with Gasteiger partial charge in [-0.1, -0.05) is 48.5 Å². The highest BCUT2D eigenvalue weighted by Crippen LogP contribution is 2.34. The molecule has 0 spiro atoms. The minimum absolute atomic E-state index is 0.0438. The zero-order chi connectivity index (χ0) is 21.8. The van der Waals surface area contributed by atoms with E-state index in [1.165, 1.54) is 4.57 Å². The second-order valence-corrected chi connectivity index (χ2v) is 7.95. The van der Waals surface area contributed by atoms with Crippen LogP contribution in [-0.2, 0) is 18.1 Å². The maximum atomic E-state index is 13.0. The molecule has 31 heavy (non-hydrogen) atoms. The lowest BCUT2D eigenvalue weighted by Gasteiger charge is -2.31. The number of nitrogens with one attached hydrogen (secondary N) is 1. The van der Waals surface area contributed by atoms with Crippen LogP contribution in [0.4, 0.5) is 17.2 Å². The third-order valence-corrected chi connectivity index (χ3v) is 5.49. The van der Waals surface area contributed by atoms with Gasteiger partial charge in [0.1, 0.15) is 18.2 Å². The summed E-state index contributed by atoms with van der Waals surface area (Å²) in [5.41, 5.74) is 1.64. The van der Waals surface area contributed by atoms with Crippen LogP contribution in [0.2, 0.25) is 0 Å². The molecule has 2 heterocycles. The molecule has 3 aromatic rings. The van der Waals surface area contributed by atoms with E-state index in [1.807, 2.05) is 60.7 Å². The summed E-state index contributed by atoms with van der Waals surface area (Å²) in [5.74, 6) is 0.583. The fourth-order valence-corrected chi connectivity index (χ4v) is 4.02. The summed E-state index contributed by atoms with van der Waals surface area (Å²) in [6, 6.07) is 19.8. The topological polar surface area (TPSA) is 70.6 Å². The minimum atomic E-state index is -0.469. The molecule has 0 saturated carbocycles. The molecule has 1 aliphatic rings. The summed E-state index contributed by atoms with van der Waals surface area (Å²) in [4.78, 5) is 32.5. The van der Waals surface area contributed by atoms with E-state index in [4.69, 9.17) is 4.74 Å². The molecule has 0 saturated heterocycles. The van der Waals surface area contributed by atoms with Gasteiger partial charge in [-0.2, -0.15) is 0 Å². The van der Waals surface area contributed by atoms with E-state index >= 15 is 0 Å². The number of hydrogen-bond donors (Lipinski definition) is 1. The minimum Gasteiger partial charge on any atom is -0.362 e. The van der Waals surface area contributed by atoms with Gasteiger partial charge in [-0.3, -0.25) is 14.3 Å². The van der Waals surface area contributed by atoms with Crippen molar-refractivity contribution >= 4 is 17.2 Å². The van der Waals surface area contributed by atoms with Crippen LogP contribution in [0.1, 0.15) is 25.8 Å². The zero-order valence-corrected chi connectivity index (χ0v) is 18.0. The lowest BCUT2D eigenvalue weighted by atomic mass is 10.2. The summed E-state index contributed by atoms with van der Waals surface area (Å²) >= 11 is 0. The highest BCUT2D eigenvalue weighted by Gasteiger charge is 2.29. The van der Waals surface area contributed by atoms with E-state index in [0.29, 0.717) is 24.7 Å². The van der Waals surface area contributed by atoms with E-state index in [0.717, 1.165) is 24.2 Å². The molecule has 0 atom stereocenters. The quantitative estimate of drug-likeness (QED) is 0.661. The van der Waals surface area contributed by atoms with E-state index in [2.05, 4.69) is 28.6 Å². The maximum Gasteiger partial charge on any atom is 0.331 e. The second kappa shape index (κ2) is 9.22. The van der Waals surface area contributed by atoms with Gasteiger partial charge >= 0.3 is 5.69 Å². The van der Waals surface area contributed by atoms with Gasteiger partial charge in [0, 0.05) is 24.8 Å². The molecular formula is C24H28N4O3. The molecule has 1 aliphatic heterocycles. The average Bonchev–Trinajstić information content (AvgIpc) is 2.98. The molecule has 0 aliphatic carbocycles. The largest absolute Gasteiger partial charge is 0.362 e. The molecule has 2 aromatic carbocycles. The molecule has 0 bridgehead atoms. The van der Waals surface area contributed by atoms with Gasteiger partial charge in [0.15, 0.2) is 0 Å². The SMILES string of the molecule is CC(C)N1CCCN(c2ccccc2)c2c1c(=O)[nH]c(=O)n2COCc1ccccc1. The van der Waals surface area contributed by atoms with Crippen LogP contribution in [0, 0.1) is 0 Å². The Balaban J connectivity index is 1.80. The standard InChI is InChI=1S/C24H28N4O3/c1-18(2)26-14-9-15-27(20-12-7-4-8-13-20)23-21(26)22(29)25-24(30)28(23)17-31-16-19-10-5-3-6-11-19/h3-8,10-13,18H,9,14-17H2,1-2H3,(H,25,29,30). The highest BCUT2D eigenvalue weighted by molar-refractivity contribution is 5.74. The first kappa shape index (κ1) is 20.9. The second-order valence-electron chi connectivity index (χ2n) is 7.95. The Kier molecular flexibility index (Phi) is 6.23. The van der Waals surface area contributed by atoms with E-state index in [9.17, 15) is 9.59 Å². The van der Waals surface area contributed by atoms with E-state index in [1.54, 1.807) is 0 Å². The monoisotopic (exact) mass is 420 g/mol. The fourth-order valence-electron chi connectivity index (χ4n) is 4.02. The number of aromatic amines is 1. The number of hydrogen-bond acceptors (Lipinski definition) is 5. The van der Waals surface area contributed by atoms with Gasteiger partial charge in [0.2, 0.25) is 0 Å². The normalized spacial score (nSPS) is 13.9. The number of H-pyrrole nitrogens is 1. The van der Waals surface area contributed by atoms with Crippen LogP contribution < -0.4 is 21.0 Å². The predicted molar refractivity (Wildman–Crippen MR) is 123 cm³/mol. The van der Waals surface area contributed by atoms with Crippen molar-refractivity contribution in [2.24, 2.45) is 0 Å². The molecule has 0 unspecified atom stereocenters. The van der Waals surface area contributed by atoms with Crippen LogP contribution in [0.5, 0.6) is 0 Å². The summed E-state index contributed by atoms with van der Waals surface area (Å²) < 4.78 is 7.44. The lowest BCUT2D eigenvalue weighted by molar-refractivity contribution is 0.0618. The van der Waals surface area contributed by atoms with Gasteiger partial charge in [0.05, 0.1) is 6.61 Å². The lowest BCUT2D eigenvalue weighted by Crippen LogP contribution is -2.41. The Hall–Kier alpha value is -3.32. The van der Waals surface area contributed by atoms with Crippen molar-refractivity contribution in [1.29, 1.82) is 0 Å². The van der Waals surface area contributed by atoms with E-state index in [-0.39, 0.29) is 18.3 Å². The first-order chi connectivity index (χ1) is 15.1. The molecule has 1 N–H and O–H groups in total. The van der Waals surface area contributed by atoms with Crippen LogP contribution in [0.3, 0.4) is 0 Å². The Bertz CT molecular complexity index is 1120. The molecule has 7 heteroatoms. The molecule has 0 radical (unpaired) electrons. The van der Waals surface area contributed by atoms with Crippen LogP contribution in [-0.4, -0.2) is 28.7 Å². The van der Waals surface area contributed by atoms with Crippen molar-refractivity contribution in [3.63, 3.8) is 0 Å². The molecule has 0 amide bonds. The van der Waals surface area contributed by atoms with E-state index < -0.39 is 5.69 Å². The number of ether oxygens (including phenoxy) is 1. The molecule has 1 aromatic heterocycles. The number of aromatic nitrogens is 2. The van der Waals surface area contributed by atoms with Gasteiger partial charge in [-0.25, -0.2) is 4.79 Å². The van der Waals surface area contributed by atoms with Gasteiger partial charge < -0.3 is 14.5 Å². The first-order valence-electron chi connectivity index (χ1n) is 10.6. The van der Waals surface area contributed by atoms with Crippen molar-refractivity contribution in [2.75, 3.05) is 22.9 Å². The fraction of sp³-hybridized carbons (Fsp3) is 0.333. The van der Waals surface area contributed by atoms with Crippen molar-refractivity contribution < 1.29 is 4.74 Å². The molecule has 4 rings (SSSR count). The third kappa shape index (κ3) is 4.41. The van der Waals surface area contributed by atoms with Crippen molar-refractivity contribution in [1.82, 2.24) is 9.55 Å². The predicted octanol–water partition coefficient (Wildman–Crippen LogP) is 3.47. The Morgan fingerprint density at radius 2 is 1.65 bits per heavy atom. The zero-order valence-electron chi connectivity index (χ0n) is 18.0. The summed E-state index contributed by atoms with van der Waals surface area (Å²) in [6.45, 7) is 5.97. The molecular weight excluding hydrogens is 392 g/mol. The molecule has 162 valence electrons. The number of nitrogens with zero attached hydrogens (tertiary/aromatic N) is 3. The van der Waals surface area contributed by atoms with Crippen LogP contribution >= 0.6 is 0 Å². The molecule has 0 fully saturated rings. The Labute approximate surface area is 181 Å². The maximum absolute atomic E-state index is 13.0. The highest BCUT2D eigenvalue weighted by atomic mass is 16.5. The van der Waals surface area contributed by atoms with Crippen LogP contribution in [0.15, 0.2) is 70.3 Å².